The maximum absolute atomic E-state index is 10.1. The molecule has 0 radical (unpaired) electrons. The van der Waals surface area contributed by atoms with Gasteiger partial charge in [-0.15, -0.1) is 11.3 Å². The average molecular weight is 806 g/mol. The second-order valence-electron chi connectivity index (χ2n) is 13.5. The van der Waals surface area contributed by atoms with Crippen molar-refractivity contribution in [2.45, 2.75) is 19.3 Å². The van der Waals surface area contributed by atoms with E-state index in [1.165, 1.54) is 76.5 Å². The van der Waals surface area contributed by atoms with Crippen molar-refractivity contribution in [3.05, 3.63) is 203 Å². The molecule has 0 unspecified atom stereocenters. The van der Waals surface area contributed by atoms with E-state index in [0.29, 0.717) is 6.54 Å². The smallest absolute Gasteiger partial charge is 0.210 e. The van der Waals surface area contributed by atoms with E-state index < -0.39 is 0 Å². The molecule has 1 N–H and O–H groups in total. The van der Waals surface area contributed by atoms with Crippen LogP contribution in [0.3, 0.4) is 0 Å². The van der Waals surface area contributed by atoms with E-state index in [-0.39, 0.29) is 36.0 Å². The summed E-state index contributed by atoms with van der Waals surface area (Å²) >= 11 is 1.80. The number of benzene rings is 6. The molecule has 6 aromatic carbocycles. The molecular weight excluding hydrogens is 766 g/mol. The summed E-state index contributed by atoms with van der Waals surface area (Å²) in [4.78, 5) is 2.43. The van der Waals surface area contributed by atoms with Gasteiger partial charge in [0.15, 0.2) is 12.3 Å². The molecule has 7 aromatic rings. The molecule has 0 saturated heterocycles. The summed E-state index contributed by atoms with van der Waals surface area (Å²) in [5.74, 6) is 0. The summed E-state index contributed by atoms with van der Waals surface area (Å²) in [7, 11) is 0. The Kier molecular flexibility index (Phi) is 10.5. The summed E-state index contributed by atoms with van der Waals surface area (Å²) in [6.45, 7) is 5.26. The number of hydrogen-bond acceptors (Lipinski definition) is 2. The number of hydrogen-bond donors (Lipinski definition) is 1. The normalized spacial score (nSPS) is 13.3. The Hall–Kier alpha value is -4.88. The largest absolute Gasteiger partial charge is 1.00 e. The van der Waals surface area contributed by atoms with Gasteiger partial charge < -0.3 is 29.1 Å². The van der Waals surface area contributed by atoms with Gasteiger partial charge in [-0.1, -0.05) is 140 Å². The van der Waals surface area contributed by atoms with Gasteiger partial charge in [0.1, 0.15) is 6.61 Å². The first-order valence-corrected chi connectivity index (χ1v) is 18.4. The zero-order valence-electron chi connectivity index (χ0n) is 29.3. The van der Waals surface area contributed by atoms with E-state index in [1.54, 1.807) is 11.3 Å². The summed E-state index contributed by atoms with van der Waals surface area (Å²) in [6.07, 6.45) is 4.50. The molecule has 0 saturated carbocycles. The van der Waals surface area contributed by atoms with Crippen LogP contribution in [-0.4, -0.2) is 28.5 Å². The standard InChI is InChI=1S/C48H40NOS.HI/c1-48(2)44(49(32-33-50)42-29-26-34-14-12-13-21-41(34)47(42)48)31-28-40-27-30-43(51-40)35-22-24-39(25-23-35)46(38-19-10-5-11-20-38)45(36-15-6-3-7-16-36)37-17-8-4-9-18-37;/h3-31,50H,32-33H2,1-2H3;1H/q+1;/p-1/b31-28+;. The highest BCUT2D eigenvalue weighted by atomic mass is 127. The van der Waals surface area contributed by atoms with E-state index in [9.17, 15) is 5.11 Å². The Balaban J connectivity index is 0.00000420. The quantitative estimate of drug-likeness (QED) is 0.0882. The van der Waals surface area contributed by atoms with Crippen LogP contribution in [0.15, 0.2) is 170 Å². The molecule has 0 amide bonds. The van der Waals surface area contributed by atoms with Crippen LogP contribution in [0.2, 0.25) is 0 Å². The van der Waals surface area contributed by atoms with Crippen LogP contribution in [0.4, 0.5) is 5.69 Å². The summed E-state index contributed by atoms with van der Waals surface area (Å²) in [6, 6.07) is 58.7. The molecule has 4 heteroatoms. The van der Waals surface area contributed by atoms with Gasteiger partial charge in [-0.2, -0.15) is 4.58 Å². The summed E-state index contributed by atoms with van der Waals surface area (Å²) < 4.78 is 2.29. The van der Waals surface area contributed by atoms with Crippen molar-refractivity contribution in [3.63, 3.8) is 0 Å². The van der Waals surface area contributed by atoms with Gasteiger partial charge in [-0.25, -0.2) is 0 Å². The minimum absolute atomic E-state index is 0. The highest BCUT2D eigenvalue weighted by Crippen LogP contribution is 2.44. The lowest BCUT2D eigenvalue weighted by Gasteiger charge is -2.18. The van der Waals surface area contributed by atoms with Crippen molar-refractivity contribution >= 4 is 50.7 Å². The Labute approximate surface area is 327 Å². The van der Waals surface area contributed by atoms with Crippen molar-refractivity contribution in [2.75, 3.05) is 13.2 Å². The molecule has 0 bridgehead atoms. The summed E-state index contributed by atoms with van der Waals surface area (Å²) in [5.41, 5.74) is 11.9. The van der Waals surface area contributed by atoms with Crippen molar-refractivity contribution in [2.24, 2.45) is 0 Å². The lowest BCUT2D eigenvalue weighted by atomic mass is 9.79. The molecule has 1 aromatic heterocycles. The van der Waals surface area contributed by atoms with Crippen LogP contribution in [0.25, 0.3) is 38.4 Å². The number of allylic oxidation sites excluding steroid dienone is 1. The molecule has 0 atom stereocenters. The Morgan fingerprint density at radius 2 is 1.13 bits per heavy atom. The number of aliphatic hydroxyl groups excluding tert-OH is 1. The third-order valence-corrected chi connectivity index (χ3v) is 11.1. The highest BCUT2D eigenvalue weighted by Gasteiger charge is 2.45. The molecule has 8 rings (SSSR count). The lowest BCUT2D eigenvalue weighted by molar-refractivity contribution is -0.440. The van der Waals surface area contributed by atoms with Crippen LogP contribution in [-0.2, 0) is 5.41 Å². The molecule has 2 heterocycles. The summed E-state index contributed by atoms with van der Waals surface area (Å²) in [5, 5.41) is 12.6. The van der Waals surface area contributed by atoms with Crippen molar-refractivity contribution in [1.82, 2.24) is 0 Å². The second-order valence-corrected chi connectivity index (χ2v) is 14.6. The molecule has 2 nitrogen and oxygen atoms in total. The van der Waals surface area contributed by atoms with Gasteiger partial charge in [-0.05, 0) is 87.9 Å². The lowest BCUT2D eigenvalue weighted by Crippen LogP contribution is -3.00. The zero-order valence-corrected chi connectivity index (χ0v) is 32.3. The Bertz CT molecular complexity index is 2380. The predicted molar refractivity (Wildman–Crippen MR) is 217 cm³/mol. The fourth-order valence-corrected chi connectivity index (χ4v) is 8.58. The predicted octanol–water partition coefficient (Wildman–Crippen LogP) is 8.66. The maximum atomic E-state index is 10.1. The minimum Gasteiger partial charge on any atom is -1.00 e. The molecule has 0 aliphatic carbocycles. The van der Waals surface area contributed by atoms with Crippen LogP contribution in [0, 0.1) is 0 Å². The number of aliphatic hydroxyl groups is 1. The number of fused-ring (bicyclic) bond motifs is 3. The number of halogens is 1. The van der Waals surface area contributed by atoms with Gasteiger partial charge in [-0.3, -0.25) is 0 Å². The van der Waals surface area contributed by atoms with Gasteiger partial charge >= 0.3 is 0 Å². The van der Waals surface area contributed by atoms with Gasteiger partial charge in [0, 0.05) is 27.5 Å². The maximum Gasteiger partial charge on any atom is 0.210 e. The Morgan fingerprint density at radius 3 is 1.71 bits per heavy atom. The van der Waals surface area contributed by atoms with Crippen LogP contribution in [0.5, 0.6) is 0 Å². The SMILES string of the molecule is CC1(C)C(/C=C/c2ccc(-c3ccc(C(=C(c4ccccc4)c4ccccc4)c4ccccc4)cc3)s2)=[N+](CCO)c2ccc3ccccc3c21.[I-]. The first-order valence-electron chi connectivity index (χ1n) is 17.6. The van der Waals surface area contributed by atoms with Crippen molar-refractivity contribution in [3.8, 4) is 10.4 Å². The van der Waals surface area contributed by atoms with Crippen LogP contribution < -0.4 is 24.0 Å². The van der Waals surface area contributed by atoms with Crippen molar-refractivity contribution in [1.29, 1.82) is 0 Å². The van der Waals surface area contributed by atoms with E-state index >= 15 is 0 Å². The van der Waals surface area contributed by atoms with E-state index in [1.807, 2.05) is 0 Å². The monoisotopic (exact) mass is 805 g/mol. The topological polar surface area (TPSA) is 23.2 Å². The second kappa shape index (κ2) is 15.4. The van der Waals surface area contributed by atoms with Gasteiger partial charge in [0.2, 0.25) is 5.69 Å². The Morgan fingerprint density at radius 1 is 0.596 bits per heavy atom. The number of β-amino-alcohol motifs (C(OH)–C–C–N with tert-alkyl or cyclic N) is 1. The molecule has 1 aliphatic rings. The van der Waals surface area contributed by atoms with Crippen molar-refractivity contribution < 1.29 is 33.7 Å². The molecule has 0 fully saturated rings. The van der Waals surface area contributed by atoms with Crippen LogP contribution >= 0.6 is 11.3 Å². The number of rotatable bonds is 9. The minimum atomic E-state index is -0.208. The number of thiophene rings is 1. The number of nitrogens with zero attached hydrogens (tertiary/aromatic N) is 1. The molecule has 1 aliphatic heterocycles. The molecule has 256 valence electrons. The highest BCUT2D eigenvalue weighted by molar-refractivity contribution is 7.16. The third kappa shape index (κ3) is 6.74. The first kappa shape index (κ1) is 35.5. The van der Waals surface area contributed by atoms with Gasteiger partial charge in [0.05, 0.1) is 5.41 Å². The van der Waals surface area contributed by atoms with Crippen LogP contribution in [0.1, 0.15) is 46.5 Å². The average Bonchev–Trinajstić information content (AvgIpc) is 3.74. The first-order chi connectivity index (χ1) is 25.0. The van der Waals surface area contributed by atoms with E-state index in [0.717, 1.165) is 0 Å². The van der Waals surface area contributed by atoms with E-state index in [4.69, 9.17) is 0 Å². The fraction of sp³-hybridized carbons (Fsp3) is 0.104. The molecular formula is C48H40INOS. The fourth-order valence-electron chi connectivity index (χ4n) is 7.66. The van der Waals surface area contributed by atoms with E-state index in [2.05, 4.69) is 194 Å². The molecule has 52 heavy (non-hydrogen) atoms. The zero-order chi connectivity index (χ0) is 34.8. The van der Waals surface area contributed by atoms with Gasteiger partial charge in [0.25, 0.3) is 0 Å². The third-order valence-electron chi connectivity index (χ3n) is 10.0. The molecule has 0 spiro atoms.